The van der Waals surface area contributed by atoms with Crippen molar-refractivity contribution < 1.29 is 9.50 Å². The maximum absolute atomic E-state index is 13.5. The highest BCUT2D eigenvalue weighted by Gasteiger charge is 2.07. The summed E-state index contributed by atoms with van der Waals surface area (Å²) >= 11 is 0. The first-order valence-electron chi connectivity index (χ1n) is 9.69. The molecule has 0 aliphatic rings. The molecular weight excluding hydrogens is 331 g/mol. The third-order valence-electron chi connectivity index (χ3n) is 4.43. The minimum absolute atomic E-state index is 0.300. The van der Waals surface area contributed by atoms with E-state index >= 15 is 0 Å². The number of aliphatic imine (C=N–C) groups is 1. The number of aliphatic hydroxyl groups is 1. The van der Waals surface area contributed by atoms with E-state index in [4.69, 9.17) is 0 Å². The Kier molecular flexibility index (Phi) is 10.9. The van der Waals surface area contributed by atoms with Crippen molar-refractivity contribution in [3.8, 4) is 0 Å². The van der Waals surface area contributed by atoms with Crippen LogP contribution in [-0.4, -0.2) is 48.2 Å². The van der Waals surface area contributed by atoms with Crippen molar-refractivity contribution >= 4 is 5.96 Å². The molecule has 0 saturated heterocycles. The summed E-state index contributed by atoms with van der Waals surface area (Å²) in [6.45, 7) is 12.8. The zero-order valence-corrected chi connectivity index (χ0v) is 16.7. The molecule has 0 aromatic heterocycles. The summed E-state index contributed by atoms with van der Waals surface area (Å²) in [6, 6.07) is 5.07. The van der Waals surface area contributed by atoms with E-state index in [-0.39, 0.29) is 12.4 Å². The first-order chi connectivity index (χ1) is 12.5. The van der Waals surface area contributed by atoms with E-state index in [1.807, 2.05) is 6.92 Å². The van der Waals surface area contributed by atoms with Gasteiger partial charge in [0.05, 0.1) is 13.2 Å². The standard InChI is InChI=1S/C20H35FN4O/c1-5-22-20(24-16(4)9-8-12-25(6-2)7-3)23-14-17-10-11-19(21)18(13-17)15-26/h10-11,13,16,26H,5-9,12,14-15H2,1-4H3,(H2,22,23,24). The SMILES string of the molecule is CCNC(=NCc1ccc(F)c(CO)c1)NC(C)CCCN(CC)CC. The Morgan fingerprint density at radius 1 is 1.27 bits per heavy atom. The van der Waals surface area contributed by atoms with Crippen LogP contribution >= 0.6 is 0 Å². The molecule has 0 aliphatic carbocycles. The van der Waals surface area contributed by atoms with E-state index in [1.165, 1.54) is 6.07 Å². The molecule has 0 aliphatic heterocycles. The van der Waals surface area contributed by atoms with Crippen molar-refractivity contribution in [2.24, 2.45) is 4.99 Å². The Labute approximate surface area is 157 Å². The molecule has 5 nitrogen and oxygen atoms in total. The molecule has 1 aromatic carbocycles. The molecule has 26 heavy (non-hydrogen) atoms. The van der Waals surface area contributed by atoms with Gasteiger partial charge in [0.2, 0.25) is 0 Å². The topological polar surface area (TPSA) is 59.9 Å². The number of nitrogens with one attached hydrogen (secondary N) is 2. The van der Waals surface area contributed by atoms with Gasteiger partial charge in [0.15, 0.2) is 5.96 Å². The van der Waals surface area contributed by atoms with Gasteiger partial charge in [-0.3, -0.25) is 0 Å². The molecule has 1 atom stereocenters. The van der Waals surface area contributed by atoms with E-state index in [0.717, 1.165) is 50.5 Å². The van der Waals surface area contributed by atoms with Crippen LogP contribution in [0.3, 0.4) is 0 Å². The van der Waals surface area contributed by atoms with Crippen LogP contribution in [0.15, 0.2) is 23.2 Å². The lowest BCUT2D eigenvalue weighted by molar-refractivity contribution is 0.275. The van der Waals surface area contributed by atoms with Crippen LogP contribution in [0.25, 0.3) is 0 Å². The molecule has 1 rings (SSSR count). The lowest BCUT2D eigenvalue weighted by atomic mass is 10.1. The van der Waals surface area contributed by atoms with Crippen LogP contribution in [0.5, 0.6) is 0 Å². The van der Waals surface area contributed by atoms with Crippen molar-refractivity contribution in [1.29, 1.82) is 0 Å². The van der Waals surface area contributed by atoms with Crippen molar-refractivity contribution in [3.05, 3.63) is 35.1 Å². The second kappa shape index (κ2) is 12.7. The van der Waals surface area contributed by atoms with Gasteiger partial charge in [-0.25, -0.2) is 9.38 Å². The number of hydrogen-bond donors (Lipinski definition) is 3. The maximum atomic E-state index is 13.5. The molecule has 0 spiro atoms. The van der Waals surface area contributed by atoms with E-state index in [2.05, 4.69) is 41.3 Å². The third kappa shape index (κ3) is 8.15. The van der Waals surface area contributed by atoms with E-state index < -0.39 is 0 Å². The molecule has 0 heterocycles. The quantitative estimate of drug-likeness (QED) is 0.416. The number of aliphatic hydroxyl groups excluding tert-OH is 1. The smallest absolute Gasteiger partial charge is 0.191 e. The molecule has 148 valence electrons. The largest absolute Gasteiger partial charge is 0.392 e. The minimum atomic E-state index is -0.382. The summed E-state index contributed by atoms with van der Waals surface area (Å²) < 4.78 is 13.5. The molecule has 0 radical (unpaired) electrons. The van der Waals surface area contributed by atoms with E-state index in [1.54, 1.807) is 12.1 Å². The van der Waals surface area contributed by atoms with Gasteiger partial charge in [-0.1, -0.05) is 19.9 Å². The molecule has 3 N–H and O–H groups in total. The highest BCUT2D eigenvalue weighted by molar-refractivity contribution is 5.80. The number of hydrogen-bond acceptors (Lipinski definition) is 3. The van der Waals surface area contributed by atoms with Crippen molar-refractivity contribution in [1.82, 2.24) is 15.5 Å². The third-order valence-corrected chi connectivity index (χ3v) is 4.43. The number of halogens is 1. The number of rotatable bonds is 11. The zero-order chi connectivity index (χ0) is 19.4. The van der Waals surface area contributed by atoms with Gasteiger partial charge in [-0.05, 0) is 64.0 Å². The second-order valence-corrected chi connectivity index (χ2v) is 6.49. The molecule has 6 heteroatoms. The van der Waals surface area contributed by atoms with Crippen LogP contribution in [0, 0.1) is 5.82 Å². The molecule has 0 saturated carbocycles. The average Bonchev–Trinajstić information content (AvgIpc) is 2.64. The maximum Gasteiger partial charge on any atom is 0.191 e. The van der Waals surface area contributed by atoms with Gasteiger partial charge in [-0.2, -0.15) is 0 Å². The minimum Gasteiger partial charge on any atom is -0.392 e. The molecule has 0 fully saturated rings. The highest BCUT2D eigenvalue weighted by Crippen LogP contribution is 2.11. The van der Waals surface area contributed by atoms with Crippen LogP contribution in [0.1, 0.15) is 51.7 Å². The summed E-state index contributed by atoms with van der Waals surface area (Å²) in [5.41, 5.74) is 1.18. The Bertz CT molecular complexity index is 547. The molecule has 1 unspecified atom stereocenters. The van der Waals surface area contributed by atoms with Crippen molar-refractivity contribution in [2.75, 3.05) is 26.2 Å². The Morgan fingerprint density at radius 2 is 2.00 bits per heavy atom. The first kappa shape index (κ1) is 22.4. The van der Waals surface area contributed by atoms with Crippen LogP contribution < -0.4 is 10.6 Å². The highest BCUT2D eigenvalue weighted by atomic mass is 19.1. The normalized spacial score (nSPS) is 13.1. The van der Waals surface area contributed by atoms with Gasteiger partial charge in [0.25, 0.3) is 0 Å². The molecule has 0 bridgehead atoms. The molecule has 0 amide bonds. The lowest BCUT2D eigenvalue weighted by Crippen LogP contribution is -2.42. The van der Waals surface area contributed by atoms with Gasteiger partial charge in [0.1, 0.15) is 5.82 Å². The predicted molar refractivity (Wildman–Crippen MR) is 107 cm³/mol. The zero-order valence-electron chi connectivity index (χ0n) is 16.7. The van der Waals surface area contributed by atoms with E-state index in [0.29, 0.717) is 18.2 Å². The van der Waals surface area contributed by atoms with Crippen LogP contribution in [0.2, 0.25) is 0 Å². The first-order valence-corrected chi connectivity index (χ1v) is 9.69. The van der Waals surface area contributed by atoms with Crippen molar-refractivity contribution in [3.63, 3.8) is 0 Å². The van der Waals surface area contributed by atoms with Gasteiger partial charge in [0, 0.05) is 18.2 Å². The lowest BCUT2D eigenvalue weighted by Gasteiger charge is -2.21. The fraction of sp³-hybridized carbons (Fsp3) is 0.650. The number of nitrogens with zero attached hydrogens (tertiary/aromatic N) is 2. The Morgan fingerprint density at radius 3 is 2.62 bits per heavy atom. The van der Waals surface area contributed by atoms with Gasteiger partial charge >= 0.3 is 0 Å². The van der Waals surface area contributed by atoms with Gasteiger partial charge in [-0.15, -0.1) is 0 Å². The van der Waals surface area contributed by atoms with Crippen molar-refractivity contribution in [2.45, 2.75) is 59.7 Å². The Hall–Kier alpha value is -1.66. The summed E-state index contributed by atoms with van der Waals surface area (Å²) in [5, 5.41) is 15.9. The van der Waals surface area contributed by atoms with E-state index in [9.17, 15) is 9.50 Å². The van der Waals surface area contributed by atoms with Gasteiger partial charge < -0.3 is 20.6 Å². The fourth-order valence-corrected chi connectivity index (χ4v) is 2.80. The summed E-state index contributed by atoms with van der Waals surface area (Å²) in [7, 11) is 0. The Balaban J connectivity index is 2.57. The molecule has 1 aromatic rings. The summed E-state index contributed by atoms with van der Waals surface area (Å²) in [5.74, 6) is 0.379. The predicted octanol–water partition coefficient (Wildman–Crippen LogP) is 2.88. The molecular formula is C20H35FN4O. The van der Waals surface area contributed by atoms with Crippen LogP contribution in [-0.2, 0) is 13.2 Å². The summed E-state index contributed by atoms with van der Waals surface area (Å²) in [4.78, 5) is 7.01. The monoisotopic (exact) mass is 366 g/mol. The summed E-state index contributed by atoms with van der Waals surface area (Å²) in [6.07, 6.45) is 2.22. The number of guanidine groups is 1. The number of benzene rings is 1. The fourth-order valence-electron chi connectivity index (χ4n) is 2.80. The van der Waals surface area contributed by atoms with Crippen LogP contribution in [0.4, 0.5) is 4.39 Å². The second-order valence-electron chi connectivity index (χ2n) is 6.49. The average molecular weight is 367 g/mol.